The molecule has 11 heteroatoms. The number of carbonyl (C=O) groups is 1. The average molecular weight is 472 g/mol. The number of aryl methyl sites for hydroxylation is 3. The number of alkyl halides is 3. The summed E-state index contributed by atoms with van der Waals surface area (Å²) in [6, 6.07) is 8.33. The fourth-order valence-corrected chi connectivity index (χ4v) is 4.04. The number of nitrogens with zero attached hydrogens (tertiary/aromatic N) is 5. The lowest BCUT2D eigenvalue weighted by molar-refractivity contribution is -0.137. The van der Waals surface area contributed by atoms with Gasteiger partial charge in [0.25, 0.3) is 5.95 Å². The van der Waals surface area contributed by atoms with Crippen molar-refractivity contribution in [3.63, 3.8) is 0 Å². The minimum absolute atomic E-state index is 0.00490. The van der Waals surface area contributed by atoms with Crippen molar-refractivity contribution in [2.24, 2.45) is 0 Å². The molecular formula is C22H19F3N6OS. The van der Waals surface area contributed by atoms with Crippen molar-refractivity contribution < 1.29 is 18.0 Å². The molecule has 0 atom stereocenters. The van der Waals surface area contributed by atoms with E-state index in [-0.39, 0.29) is 12.3 Å². The third-order valence-corrected chi connectivity index (χ3v) is 5.55. The van der Waals surface area contributed by atoms with Crippen LogP contribution in [0, 0.1) is 20.8 Å². The molecular weight excluding hydrogens is 453 g/mol. The Bertz CT molecular complexity index is 1290. The van der Waals surface area contributed by atoms with Gasteiger partial charge in [-0.05, 0) is 39.0 Å². The first kappa shape index (κ1) is 22.6. The summed E-state index contributed by atoms with van der Waals surface area (Å²) in [7, 11) is 0. The lowest BCUT2D eigenvalue weighted by atomic mass is 10.1. The van der Waals surface area contributed by atoms with Crippen molar-refractivity contribution in [3.05, 3.63) is 70.1 Å². The molecule has 33 heavy (non-hydrogen) atoms. The van der Waals surface area contributed by atoms with Crippen LogP contribution in [-0.4, -0.2) is 30.6 Å². The van der Waals surface area contributed by atoms with Gasteiger partial charge in [-0.15, -0.1) is 11.3 Å². The third kappa shape index (κ3) is 5.25. The molecule has 0 fully saturated rings. The molecule has 4 aromatic rings. The maximum Gasteiger partial charge on any atom is 0.416 e. The third-order valence-electron chi connectivity index (χ3n) is 4.61. The summed E-state index contributed by atoms with van der Waals surface area (Å²) < 4.78 is 39.7. The van der Waals surface area contributed by atoms with Crippen LogP contribution in [0.4, 0.5) is 19.0 Å². The van der Waals surface area contributed by atoms with E-state index in [1.54, 1.807) is 18.4 Å². The maximum absolute atomic E-state index is 12.8. The number of anilines is 1. The van der Waals surface area contributed by atoms with Crippen molar-refractivity contribution >= 4 is 23.1 Å². The SMILES string of the molecule is Cc1cc(C)nc(-n2nc(C)cc2NC(=O)Cc2csc(-c3ccc(C(F)(F)F)cc3)n2)n1. The van der Waals surface area contributed by atoms with E-state index < -0.39 is 11.7 Å². The van der Waals surface area contributed by atoms with Gasteiger partial charge in [0, 0.05) is 28.4 Å². The van der Waals surface area contributed by atoms with Gasteiger partial charge in [-0.3, -0.25) is 4.79 Å². The first-order valence-electron chi connectivity index (χ1n) is 9.90. The summed E-state index contributed by atoms with van der Waals surface area (Å²) in [5.41, 5.74) is 2.59. The van der Waals surface area contributed by atoms with Gasteiger partial charge in [-0.2, -0.15) is 23.0 Å². The van der Waals surface area contributed by atoms with Crippen LogP contribution in [-0.2, 0) is 17.4 Å². The fraction of sp³-hybridized carbons (Fsp3) is 0.227. The topological polar surface area (TPSA) is 85.6 Å². The smallest absolute Gasteiger partial charge is 0.310 e. The van der Waals surface area contributed by atoms with Gasteiger partial charge in [-0.1, -0.05) is 12.1 Å². The summed E-state index contributed by atoms with van der Waals surface area (Å²) in [5.74, 6) is 0.472. The molecule has 0 saturated carbocycles. The molecule has 4 rings (SSSR count). The van der Waals surface area contributed by atoms with Crippen LogP contribution in [0.1, 0.15) is 28.3 Å². The number of amides is 1. The number of hydrogen-bond acceptors (Lipinski definition) is 6. The van der Waals surface area contributed by atoms with Crippen LogP contribution < -0.4 is 5.32 Å². The zero-order valence-corrected chi connectivity index (χ0v) is 18.8. The highest BCUT2D eigenvalue weighted by atomic mass is 32.1. The Labute approximate surface area is 191 Å². The Kier molecular flexibility index (Phi) is 5.98. The van der Waals surface area contributed by atoms with Crippen LogP contribution in [0.5, 0.6) is 0 Å². The number of hydrogen-bond donors (Lipinski definition) is 1. The van der Waals surface area contributed by atoms with Gasteiger partial charge < -0.3 is 5.32 Å². The van der Waals surface area contributed by atoms with E-state index >= 15 is 0 Å². The van der Waals surface area contributed by atoms with Gasteiger partial charge in [0.1, 0.15) is 10.8 Å². The van der Waals surface area contributed by atoms with E-state index in [4.69, 9.17) is 0 Å². The standard InChI is InChI=1S/C22H19F3N6OS/c1-12-8-13(2)27-21(26-12)31-18(9-14(3)30-31)29-19(32)10-17-11-33-20(28-17)15-4-6-16(7-5-15)22(23,24)25/h4-9,11H,10H2,1-3H3,(H,29,32). The number of thiazole rings is 1. The van der Waals surface area contributed by atoms with Crippen molar-refractivity contribution in [2.75, 3.05) is 5.32 Å². The van der Waals surface area contributed by atoms with Crippen molar-refractivity contribution in [3.8, 4) is 16.5 Å². The number of nitrogens with one attached hydrogen (secondary N) is 1. The number of rotatable bonds is 5. The largest absolute Gasteiger partial charge is 0.416 e. The second-order valence-electron chi connectivity index (χ2n) is 7.48. The molecule has 0 aliphatic rings. The number of halogens is 3. The molecule has 0 aliphatic carbocycles. The summed E-state index contributed by atoms with van der Waals surface area (Å²) >= 11 is 1.26. The van der Waals surface area contributed by atoms with E-state index in [0.717, 1.165) is 23.5 Å². The number of carbonyl (C=O) groups excluding carboxylic acids is 1. The molecule has 0 unspecified atom stereocenters. The summed E-state index contributed by atoms with van der Waals surface area (Å²) in [6.45, 7) is 5.50. The molecule has 1 amide bonds. The predicted octanol–water partition coefficient (Wildman–Crippen LogP) is 4.91. The summed E-state index contributed by atoms with van der Waals surface area (Å²) in [4.78, 5) is 25.8. The van der Waals surface area contributed by atoms with E-state index in [9.17, 15) is 18.0 Å². The van der Waals surface area contributed by atoms with Crippen LogP contribution in [0.25, 0.3) is 16.5 Å². The lowest BCUT2D eigenvalue weighted by Gasteiger charge is -2.08. The molecule has 7 nitrogen and oxygen atoms in total. The molecule has 0 spiro atoms. The molecule has 0 bridgehead atoms. The molecule has 3 heterocycles. The summed E-state index contributed by atoms with van der Waals surface area (Å²) in [5, 5.41) is 9.43. The maximum atomic E-state index is 12.8. The van der Waals surface area contributed by atoms with E-state index in [0.29, 0.717) is 33.7 Å². The highest BCUT2D eigenvalue weighted by Crippen LogP contribution is 2.31. The van der Waals surface area contributed by atoms with Crippen molar-refractivity contribution in [1.29, 1.82) is 0 Å². The quantitative estimate of drug-likeness (QED) is 0.446. The van der Waals surface area contributed by atoms with Crippen molar-refractivity contribution in [2.45, 2.75) is 33.4 Å². The fourth-order valence-electron chi connectivity index (χ4n) is 3.22. The number of aromatic nitrogens is 5. The minimum Gasteiger partial charge on any atom is -0.310 e. The van der Waals surface area contributed by atoms with Crippen LogP contribution in [0.2, 0.25) is 0 Å². The first-order valence-corrected chi connectivity index (χ1v) is 10.8. The van der Waals surface area contributed by atoms with Crippen LogP contribution >= 0.6 is 11.3 Å². The van der Waals surface area contributed by atoms with E-state index in [1.165, 1.54) is 28.2 Å². The summed E-state index contributed by atoms with van der Waals surface area (Å²) in [6.07, 6.45) is -4.40. The van der Waals surface area contributed by atoms with Crippen molar-refractivity contribution in [1.82, 2.24) is 24.7 Å². The van der Waals surface area contributed by atoms with Gasteiger partial charge in [-0.25, -0.2) is 15.0 Å². The second kappa shape index (κ2) is 8.74. The Morgan fingerprint density at radius 2 is 1.67 bits per heavy atom. The first-order chi connectivity index (χ1) is 15.6. The van der Waals surface area contributed by atoms with Crippen LogP contribution in [0.15, 0.2) is 41.8 Å². The average Bonchev–Trinajstić information content (AvgIpc) is 3.33. The normalized spacial score (nSPS) is 11.6. The number of benzene rings is 1. The predicted molar refractivity (Wildman–Crippen MR) is 118 cm³/mol. The van der Waals surface area contributed by atoms with Gasteiger partial charge >= 0.3 is 6.18 Å². The van der Waals surface area contributed by atoms with E-state index in [2.05, 4.69) is 25.4 Å². The van der Waals surface area contributed by atoms with Gasteiger partial charge in [0.15, 0.2) is 0 Å². The molecule has 170 valence electrons. The Hall–Kier alpha value is -3.60. The molecule has 0 saturated heterocycles. The van der Waals surface area contributed by atoms with E-state index in [1.807, 2.05) is 19.9 Å². The minimum atomic E-state index is -4.39. The Morgan fingerprint density at radius 1 is 1.00 bits per heavy atom. The Balaban J connectivity index is 1.48. The molecule has 1 aromatic carbocycles. The highest BCUT2D eigenvalue weighted by Gasteiger charge is 2.30. The lowest BCUT2D eigenvalue weighted by Crippen LogP contribution is -2.18. The highest BCUT2D eigenvalue weighted by molar-refractivity contribution is 7.13. The van der Waals surface area contributed by atoms with Gasteiger partial charge in [0.05, 0.1) is 23.4 Å². The monoisotopic (exact) mass is 472 g/mol. The zero-order valence-electron chi connectivity index (χ0n) is 17.9. The molecule has 0 aliphatic heterocycles. The second-order valence-corrected chi connectivity index (χ2v) is 8.34. The van der Waals surface area contributed by atoms with Gasteiger partial charge in [0.2, 0.25) is 5.91 Å². The Morgan fingerprint density at radius 3 is 2.30 bits per heavy atom. The molecule has 0 radical (unpaired) electrons. The van der Waals surface area contributed by atoms with Crippen LogP contribution in [0.3, 0.4) is 0 Å². The molecule has 3 aromatic heterocycles. The zero-order chi connectivity index (χ0) is 23.8. The molecule has 1 N–H and O–H groups in total.